The van der Waals surface area contributed by atoms with Gasteiger partial charge in [0.05, 0.1) is 198 Å². The maximum atomic E-state index is 14.8. The molecule has 0 aromatic rings. The molecule has 0 unspecified atom stereocenters. The van der Waals surface area contributed by atoms with E-state index >= 15 is 0 Å². The van der Waals surface area contributed by atoms with Crippen LogP contribution in [0.15, 0.2) is 0 Å². The average Bonchev–Trinajstić information content (AvgIpc) is 0.893. The van der Waals surface area contributed by atoms with Crippen molar-refractivity contribution in [1.82, 2.24) is 49.4 Å². The molecule has 0 saturated heterocycles. The maximum Gasteiger partial charge on any atom is 0.242 e. The van der Waals surface area contributed by atoms with Crippen LogP contribution in [0, 0.1) is 0 Å². The van der Waals surface area contributed by atoms with E-state index in [1.807, 2.05) is 0 Å². The molecule has 0 fully saturated rings. The second-order valence-corrected chi connectivity index (χ2v) is 21.8. The predicted octanol–water partition coefficient (Wildman–Crippen LogP) is -8.91. The number of methoxy groups -OCH3 is 4. The van der Waals surface area contributed by atoms with Gasteiger partial charge in [-0.15, -0.1) is 0 Å². The average molecular weight is 1430 g/mol. The van der Waals surface area contributed by atoms with Crippen molar-refractivity contribution >= 4 is 58.9 Å². The van der Waals surface area contributed by atoms with Crippen LogP contribution in [0.4, 0.5) is 0 Å². The Labute approximate surface area is 583 Å². The summed E-state index contributed by atoms with van der Waals surface area (Å²) in [5, 5.41) is 2.88. The van der Waals surface area contributed by atoms with Gasteiger partial charge in [-0.1, -0.05) is 0 Å². The Morgan fingerprint density at radius 1 is 0.242 bits per heavy atom. The number of hydrogen-bond donors (Lipinski definition) is 7. The molecule has 9 amide bonds. The minimum absolute atomic E-state index is 0.00659. The zero-order valence-electron chi connectivity index (χ0n) is 59.5. The molecule has 38 nitrogen and oxygen atoms in total. The highest BCUT2D eigenvalue weighted by Crippen LogP contribution is 2.08. The Kier molecular flexibility index (Phi) is 59.4. The highest BCUT2D eigenvalue weighted by Gasteiger charge is 2.32. The lowest BCUT2D eigenvalue weighted by atomic mass is 10.3. The highest BCUT2D eigenvalue weighted by molar-refractivity contribution is 5.94. The molecule has 99 heavy (non-hydrogen) atoms. The van der Waals surface area contributed by atoms with Gasteiger partial charge in [-0.05, 0) is 6.92 Å². The Morgan fingerprint density at radius 3 is 0.616 bits per heavy atom. The van der Waals surface area contributed by atoms with Crippen LogP contribution >= 0.6 is 0 Å². The third-order valence-corrected chi connectivity index (χ3v) is 14.0. The van der Waals surface area contributed by atoms with E-state index in [0.29, 0.717) is 52.8 Å². The first-order valence-electron chi connectivity index (χ1n) is 33.3. The molecule has 13 N–H and O–H groups in total. The fourth-order valence-corrected chi connectivity index (χ4v) is 8.75. The summed E-state index contributed by atoms with van der Waals surface area (Å²) in [6.45, 7) is -1.02. The van der Waals surface area contributed by atoms with Crippen molar-refractivity contribution in [3.8, 4) is 0 Å². The molecule has 0 aromatic heterocycles. The number of ketones is 1. The van der Waals surface area contributed by atoms with Crippen molar-refractivity contribution in [2.75, 3.05) is 331 Å². The molecule has 0 saturated carbocycles. The number of hydrogen-bond acceptors (Lipinski definition) is 29. The van der Waals surface area contributed by atoms with Crippen molar-refractivity contribution in [2.45, 2.75) is 6.92 Å². The molecule has 0 aromatic carbocycles. The van der Waals surface area contributed by atoms with Gasteiger partial charge in [0.1, 0.15) is 5.78 Å². The SMILES string of the molecule is COCCOCCOCCN(CC(C)=O)C(=O)CN(CCOCCOCCOC)C(=O)CN(CCOCCOCCOC)C(=O)CN(CCOCCOCCOC)C(=O)CN(CCN)C(=O)CN(CCN)C(=O)CN(CCN)C(=O)CN(CCN)C(=O)CN(CCN)C(=O)CNCCN. The third kappa shape index (κ3) is 47.1. The number of carbonyl (C=O) groups is 10. The number of ether oxygens (including phenoxy) is 12. The Bertz CT molecular complexity index is 2190. The second kappa shape index (κ2) is 63.1. The monoisotopic (exact) mass is 1430 g/mol. The number of nitrogens with two attached hydrogens (primary N) is 6. The topological polar surface area (TPSA) is 479 Å². The largest absolute Gasteiger partial charge is 0.382 e. The fourth-order valence-electron chi connectivity index (χ4n) is 8.75. The standard InChI is InChI=1S/C61H120N16O22/c1-52(78)43-74(18-22-92-34-38-96-30-26-88-2)58(84)49-75(19-23-93-35-39-97-31-27-89-3)60(86)51-77(21-25-95-37-41-99-33-29-91-5)61(87)50-76(20-24-94-36-40-98-32-28-90-4)59(85)48-73(17-11-67)57(83)47-72(16-10-66)56(82)46-71(15-9-65)55(81)45-70(14-8-64)54(80)44-69(13-7-63)53(79)42-68-12-6-62/h68H,6-51,62-67H2,1-5H3. The first-order valence-corrected chi connectivity index (χ1v) is 33.3. The van der Waals surface area contributed by atoms with Gasteiger partial charge in [0, 0.05) is 133 Å². The van der Waals surface area contributed by atoms with Crippen LogP contribution in [-0.4, -0.2) is 434 Å². The molecule has 0 bridgehead atoms. The number of rotatable bonds is 68. The number of nitrogens with zero attached hydrogens (tertiary/aromatic N) is 9. The Hall–Kier alpha value is -5.86. The molecule has 38 heteroatoms. The molecule has 0 aliphatic rings. The first kappa shape index (κ1) is 93.1. The predicted molar refractivity (Wildman–Crippen MR) is 361 cm³/mol. The van der Waals surface area contributed by atoms with Gasteiger partial charge in [0.2, 0.25) is 53.2 Å². The van der Waals surface area contributed by atoms with Crippen LogP contribution in [0.2, 0.25) is 0 Å². The molecular formula is C61H120N16O22. The number of carbonyl (C=O) groups excluding carboxylic acids is 10. The van der Waals surface area contributed by atoms with E-state index < -0.39 is 106 Å². The van der Waals surface area contributed by atoms with E-state index in [1.165, 1.54) is 43.0 Å². The van der Waals surface area contributed by atoms with Crippen molar-refractivity contribution in [3.63, 3.8) is 0 Å². The number of Topliss-reactive ketones (excluding diaryl/α,β-unsaturated/α-hetero) is 1. The lowest BCUT2D eigenvalue weighted by Gasteiger charge is -2.32. The smallest absolute Gasteiger partial charge is 0.242 e. The second-order valence-electron chi connectivity index (χ2n) is 21.8. The van der Waals surface area contributed by atoms with Crippen LogP contribution in [0.3, 0.4) is 0 Å². The van der Waals surface area contributed by atoms with E-state index in [1.54, 1.807) is 7.11 Å². The van der Waals surface area contributed by atoms with E-state index in [4.69, 9.17) is 91.2 Å². The van der Waals surface area contributed by atoms with Gasteiger partial charge < -0.3 is 141 Å². The van der Waals surface area contributed by atoms with Crippen LogP contribution in [-0.2, 0) is 105 Å². The summed E-state index contributed by atoms with van der Waals surface area (Å²) in [5.41, 5.74) is 35.0. The van der Waals surface area contributed by atoms with Crippen LogP contribution in [0.5, 0.6) is 0 Å². The normalized spacial score (nSPS) is 11.1. The van der Waals surface area contributed by atoms with Gasteiger partial charge in [-0.3, -0.25) is 47.9 Å². The van der Waals surface area contributed by atoms with E-state index in [-0.39, 0.29) is 203 Å². The molecular weight excluding hydrogens is 1310 g/mol. The third-order valence-electron chi connectivity index (χ3n) is 14.0. The minimum atomic E-state index is -0.767. The van der Waals surface area contributed by atoms with E-state index in [9.17, 15) is 47.9 Å². The quantitative estimate of drug-likeness (QED) is 0.0278. The zero-order valence-corrected chi connectivity index (χ0v) is 59.5. The summed E-state index contributed by atoms with van der Waals surface area (Å²) in [4.78, 5) is 150. The zero-order chi connectivity index (χ0) is 73.7. The lowest BCUT2D eigenvalue weighted by Crippen LogP contribution is -2.54. The van der Waals surface area contributed by atoms with Crippen molar-refractivity contribution in [2.24, 2.45) is 34.4 Å². The first-order chi connectivity index (χ1) is 47.9. The Morgan fingerprint density at radius 2 is 0.424 bits per heavy atom. The summed E-state index contributed by atoms with van der Waals surface area (Å²) in [6, 6.07) is 0. The minimum Gasteiger partial charge on any atom is -0.382 e. The Balaban J connectivity index is 7.15. The van der Waals surface area contributed by atoms with Gasteiger partial charge in [0.15, 0.2) is 0 Å². The molecule has 0 spiro atoms. The summed E-state index contributed by atoms with van der Waals surface area (Å²) in [7, 11) is 6.14. The molecule has 576 valence electrons. The molecule has 0 aliphatic carbocycles. The van der Waals surface area contributed by atoms with Crippen molar-refractivity contribution in [1.29, 1.82) is 0 Å². The lowest BCUT2D eigenvalue weighted by molar-refractivity contribution is -0.149. The van der Waals surface area contributed by atoms with Gasteiger partial charge in [0.25, 0.3) is 0 Å². The fraction of sp³-hybridized carbons (Fsp3) is 0.836. The number of amides is 9. The van der Waals surface area contributed by atoms with E-state index in [0.717, 1.165) is 29.4 Å². The molecule has 0 heterocycles. The van der Waals surface area contributed by atoms with Gasteiger partial charge in [-0.25, -0.2) is 0 Å². The van der Waals surface area contributed by atoms with Crippen LogP contribution in [0.1, 0.15) is 6.92 Å². The molecule has 0 aliphatic heterocycles. The highest BCUT2D eigenvalue weighted by atomic mass is 16.6. The molecule has 0 atom stereocenters. The van der Waals surface area contributed by atoms with Gasteiger partial charge >= 0.3 is 0 Å². The van der Waals surface area contributed by atoms with Crippen molar-refractivity contribution in [3.05, 3.63) is 0 Å². The van der Waals surface area contributed by atoms with Gasteiger partial charge in [-0.2, -0.15) is 0 Å². The van der Waals surface area contributed by atoms with Crippen LogP contribution in [0.25, 0.3) is 0 Å². The summed E-state index contributed by atoms with van der Waals surface area (Å²) in [5.74, 6) is -6.39. The maximum absolute atomic E-state index is 14.8. The number of nitrogens with one attached hydrogen (secondary N) is 1. The van der Waals surface area contributed by atoms with E-state index in [2.05, 4.69) is 5.32 Å². The summed E-state index contributed by atoms with van der Waals surface area (Å²) >= 11 is 0. The summed E-state index contributed by atoms with van der Waals surface area (Å²) in [6.07, 6.45) is 0. The molecule has 0 radical (unpaired) electrons. The van der Waals surface area contributed by atoms with Crippen LogP contribution < -0.4 is 39.7 Å². The van der Waals surface area contributed by atoms with Crippen molar-refractivity contribution < 1.29 is 105 Å². The summed E-state index contributed by atoms with van der Waals surface area (Å²) < 4.78 is 65.2. The molecule has 0 rings (SSSR count).